The van der Waals surface area contributed by atoms with E-state index in [1.165, 1.54) is 29.3 Å². The minimum Gasteiger partial charge on any atom is -1.00 e. The van der Waals surface area contributed by atoms with Gasteiger partial charge < -0.3 is 12.5 Å². The summed E-state index contributed by atoms with van der Waals surface area (Å²) in [7, 11) is -4.59. The molecule has 0 radical (unpaired) electrons. The Balaban J connectivity index is 0.00000182. The molecule has 0 spiro atoms. The van der Waals surface area contributed by atoms with Crippen molar-refractivity contribution in [2.75, 3.05) is 11.9 Å². The topological polar surface area (TPSA) is 162 Å². The summed E-state index contributed by atoms with van der Waals surface area (Å²) in [6.45, 7) is 0.251. The van der Waals surface area contributed by atoms with Crippen LogP contribution in [0.3, 0.4) is 0 Å². The molecule has 13 heteroatoms. The fourth-order valence-corrected chi connectivity index (χ4v) is 3.85. The van der Waals surface area contributed by atoms with Crippen LogP contribution in [0, 0.1) is 0 Å². The molecule has 0 aliphatic carbocycles. The zero-order chi connectivity index (χ0) is 18.4. The first-order valence-electron chi connectivity index (χ1n) is 7.23. The van der Waals surface area contributed by atoms with Crippen molar-refractivity contribution >= 4 is 33.8 Å². The Morgan fingerprint density at radius 3 is 2.42 bits per heavy atom. The van der Waals surface area contributed by atoms with Gasteiger partial charge >= 0.3 is 45.9 Å². The summed E-state index contributed by atoms with van der Waals surface area (Å²) in [5.74, 6) is -1.39. The Labute approximate surface area is 172 Å². The Morgan fingerprint density at radius 2 is 1.88 bits per heavy atom. The summed E-state index contributed by atoms with van der Waals surface area (Å²) >= 11 is 0. The van der Waals surface area contributed by atoms with Crippen molar-refractivity contribution in [3.8, 4) is 0 Å². The van der Waals surface area contributed by atoms with Crippen molar-refractivity contribution in [2.45, 2.75) is 18.5 Å². The van der Waals surface area contributed by atoms with E-state index < -0.39 is 40.2 Å². The molecule has 5 N–H and O–H groups in total. The summed E-state index contributed by atoms with van der Waals surface area (Å²) < 4.78 is 31.7. The van der Waals surface area contributed by atoms with E-state index in [-0.39, 0.29) is 37.5 Å². The first-order chi connectivity index (χ1) is 11.7. The van der Waals surface area contributed by atoms with Gasteiger partial charge in [0.2, 0.25) is 5.91 Å². The van der Waals surface area contributed by atoms with Gasteiger partial charge in [-0.15, -0.1) is 0 Å². The van der Waals surface area contributed by atoms with Gasteiger partial charge in [0.1, 0.15) is 6.04 Å². The largest absolute Gasteiger partial charge is 1.00 e. The third-order valence-corrected chi connectivity index (χ3v) is 5.01. The molecule has 26 heavy (non-hydrogen) atoms. The van der Waals surface area contributed by atoms with Crippen LogP contribution in [0.25, 0.3) is 0 Å². The number of hydrazine groups is 1. The van der Waals surface area contributed by atoms with E-state index >= 15 is 0 Å². The predicted molar refractivity (Wildman–Crippen MR) is 85.5 cm³/mol. The molecule has 136 valence electrons. The number of rotatable bonds is 4. The Hall–Kier alpha value is -1.70. The van der Waals surface area contributed by atoms with Crippen LogP contribution in [0.15, 0.2) is 24.3 Å². The average molecular weight is 393 g/mol. The number of nitrogens with two attached hydrogens (primary N) is 1. The van der Waals surface area contributed by atoms with Crippen molar-refractivity contribution in [3.05, 3.63) is 29.8 Å². The standard InChI is InChI=1S/C13H15N5O6S.Na.H/c14-11(19)7-1-3-8(4-2-7)15-13(21)16-17-6-5-9-10(17)12(20)18(9)25(22,23)24;;/h1-4,9-10H,5-6H2,(H2,14,19)(H2,15,16,21)(H,22,23,24);;/q;+1;-1/t9-,10-;;/m1../s1. The molecule has 0 saturated carbocycles. The molecule has 2 saturated heterocycles. The van der Waals surface area contributed by atoms with E-state index in [0.717, 1.165) is 0 Å². The zero-order valence-electron chi connectivity index (χ0n) is 14.7. The first kappa shape index (κ1) is 20.6. The van der Waals surface area contributed by atoms with E-state index in [0.29, 0.717) is 22.0 Å². The number of urea groups is 1. The number of hydrogen-bond donors (Lipinski definition) is 4. The second kappa shape index (κ2) is 7.50. The maximum Gasteiger partial charge on any atom is 1.00 e. The van der Waals surface area contributed by atoms with Crippen LogP contribution in [0.2, 0.25) is 0 Å². The van der Waals surface area contributed by atoms with Gasteiger partial charge in [0.05, 0.1) is 6.04 Å². The maximum atomic E-state index is 12.0. The average Bonchev–Trinajstić information content (AvgIpc) is 2.83. The zero-order valence-corrected chi connectivity index (χ0v) is 16.6. The molecule has 4 amide bonds. The van der Waals surface area contributed by atoms with Gasteiger partial charge in [0.15, 0.2) is 0 Å². The second-order valence-corrected chi connectivity index (χ2v) is 6.90. The molecule has 3 rings (SSSR count). The Bertz CT molecular complexity index is 851. The van der Waals surface area contributed by atoms with Crippen LogP contribution >= 0.6 is 0 Å². The van der Waals surface area contributed by atoms with Crippen LogP contribution in [0.5, 0.6) is 0 Å². The van der Waals surface area contributed by atoms with Gasteiger partial charge in [0, 0.05) is 17.8 Å². The van der Waals surface area contributed by atoms with Crippen LogP contribution in [0.1, 0.15) is 18.2 Å². The number of β-lactam (4-membered cyclic amide) rings is 1. The summed E-state index contributed by atoms with van der Waals surface area (Å²) in [6.07, 6.45) is 0.295. The molecular weight excluding hydrogens is 377 g/mol. The molecule has 0 bridgehead atoms. The number of carbonyl (C=O) groups excluding carboxylic acids is 3. The number of fused-ring (bicyclic) bond motifs is 1. The molecule has 2 aliphatic rings. The van der Waals surface area contributed by atoms with Crippen molar-refractivity contribution in [1.29, 1.82) is 0 Å². The summed E-state index contributed by atoms with van der Waals surface area (Å²) in [5.41, 5.74) is 8.28. The van der Waals surface area contributed by atoms with Crippen LogP contribution in [-0.2, 0) is 15.1 Å². The molecule has 2 fully saturated rings. The van der Waals surface area contributed by atoms with Crippen LogP contribution in [0.4, 0.5) is 10.5 Å². The van der Waals surface area contributed by atoms with Gasteiger partial charge in [0.25, 0.3) is 5.91 Å². The van der Waals surface area contributed by atoms with E-state index in [1.807, 2.05) is 0 Å². The third-order valence-electron chi connectivity index (χ3n) is 4.06. The summed E-state index contributed by atoms with van der Waals surface area (Å²) in [5, 5.41) is 3.84. The van der Waals surface area contributed by atoms with Crippen molar-refractivity contribution in [2.24, 2.45) is 5.73 Å². The number of anilines is 1. The van der Waals surface area contributed by atoms with E-state index in [4.69, 9.17) is 10.3 Å². The fourth-order valence-electron chi connectivity index (χ4n) is 2.95. The van der Waals surface area contributed by atoms with E-state index in [9.17, 15) is 22.8 Å². The van der Waals surface area contributed by atoms with Crippen molar-refractivity contribution in [1.82, 2.24) is 14.7 Å². The number of primary amides is 1. The SMILES string of the molecule is NC(=O)c1ccc(NC(=O)NN2CC[C@@H]3[C@@H]2C(=O)N3S(=O)(=O)O)cc1.[H-].[Na+]. The molecule has 0 aromatic heterocycles. The van der Waals surface area contributed by atoms with Crippen LogP contribution in [-0.4, -0.2) is 58.8 Å². The number of nitrogens with one attached hydrogen (secondary N) is 2. The van der Waals surface area contributed by atoms with Gasteiger partial charge in [-0.2, -0.15) is 8.42 Å². The Kier molecular flexibility index (Phi) is 5.95. The van der Waals surface area contributed by atoms with Gasteiger partial charge in [-0.1, -0.05) is 0 Å². The molecular formula is C13H16N5NaO6S. The number of nitrogens with zero attached hydrogens (tertiary/aromatic N) is 2. The second-order valence-electron chi connectivity index (χ2n) is 5.61. The normalized spacial score (nSPS) is 22.0. The molecule has 1 aromatic carbocycles. The summed E-state index contributed by atoms with van der Waals surface area (Å²) in [4.78, 5) is 34.9. The monoisotopic (exact) mass is 393 g/mol. The number of carbonyl (C=O) groups is 3. The van der Waals surface area contributed by atoms with E-state index in [2.05, 4.69) is 10.7 Å². The van der Waals surface area contributed by atoms with Crippen LogP contribution < -0.4 is 46.0 Å². The number of amides is 4. The minimum absolute atomic E-state index is 0. The van der Waals surface area contributed by atoms with E-state index in [1.54, 1.807) is 0 Å². The molecule has 2 atom stereocenters. The number of benzene rings is 1. The fraction of sp³-hybridized carbons (Fsp3) is 0.308. The van der Waals surface area contributed by atoms with Gasteiger partial charge in [-0.3, -0.25) is 19.6 Å². The first-order valence-corrected chi connectivity index (χ1v) is 8.63. The van der Waals surface area contributed by atoms with Crippen molar-refractivity contribution in [3.63, 3.8) is 0 Å². The molecule has 11 nitrogen and oxygen atoms in total. The molecule has 2 heterocycles. The van der Waals surface area contributed by atoms with Gasteiger partial charge in [-0.25, -0.2) is 14.1 Å². The molecule has 1 aromatic rings. The number of hydrogen-bond acceptors (Lipinski definition) is 6. The molecule has 2 aliphatic heterocycles. The smallest absolute Gasteiger partial charge is 1.00 e. The van der Waals surface area contributed by atoms with Gasteiger partial charge in [-0.05, 0) is 30.7 Å². The predicted octanol–water partition coefficient (Wildman–Crippen LogP) is -3.97. The van der Waals surface area contributed by atoms with Crippen molar-refractivity contribution < 1.29 is 58.3 Å². The third kappa shape index (κ3) is 3.84. The molecule has 0 unspecified atom stereocenters. The quantitative estimate of drug-likeness (QED) is 0.230. The summed E-state index contributed by atoms with van der Waals surface area (Å²) in [6, 6.07) is 3.71. The minimum atomic E-state index is -4.59. The Morgan fingerprint density at radius 1 is 1.27 bits per heavy atom. The maximum absolute atomic E-state index is 12.0.